The highest BCUT2D eigenvalue weighted by atomic mass is 32.1. The van der Waals surface area contributed by atoms with Crippen LogP contribution in [0.4, 0.5) is 0 Å². The van der Waals surface area contributed by atoms with Crippen molar-refractivity contribution in [1.29, 1.82) is 0 Å². The van der Waals surface area contributed by atoms with Crippen LogP contribution in [0.25, 0.3) is 0 Å². The average Bonchev–Trinajstić information content (AvgIpc) is 3.09. The van der Waals surface area contributed by atoms with Crippen LogP contribution in [0.15, 0.2) is 35.7 Å². The SMILES string of the molecule is OCc1csc(C2(c3ccccc3)CCCC2)n1. The summed E-state index contributed by atoms with van der Waals surface area (Å²) in [6, 6.07) is 10.7. The lowest BCUT2D eigenvalue weighted by Crippen LogP contribution is -2.23. The summed E-state index contributed by atoms with van der Waals surface area (Å²) in [6.45, 7) is 0.0430. The first-order valence-electron chi connectivity index (χ1n) is 6.46. The fraction of sp³-hybridized carbons (Fsp3) is 0.400. The molecule has 0 bridgehead atoms. The van der Waals surface area contributed by atoms with Crippen LogP contribution in [-0.4, -0.2) is 10.1 Å². The van der Waals surface area contributed by atoms with Gasteiger partial charge in [0.25, 0.3) is 0 Å². The number of aromatic nitrogens is 1. The Bertz CT molecular complexity index is 514. The number of nitrogens with zero attached hydrogens (tertiary/aromatic N) is 1. The Kier molecular flexibility index (Phi) is 3.18. The topological polar surface area (TPSA) is 33.1 Å². The molecule has 0 spiro atoms. The van der Waals surface area contributed by atoms with Crippen molar-refractivity contribution in [2.24, 2.45) is 0 Å². The molecule has 0 amide bonds. The van der Waals surface area contributed by atoms with E-state index in [0.717, 1.165) is 5.69 Å². The highest BCUT2D eigenvalue weighted by Crippen LogP contribution is 2.47. The number of benzene rings is 1. The minimum absolute atomic E-state index is 0.0430. The molecule has 0 radical (unpaired) electrons. The number of thiazole rings is 1. The minimum Gasteiger partial charge on any atom is -0.390 e. The standard InChI is InChI=1S/C15H17NOS/c17-10-13-11-18-14(16-13)15(8-4-5-9-15)12-6-2-1-3-7-12/h1-3,6-7,11,17H,4-5,8-10H2. The lowest BCUT2D eigenvalue weighted by atomic mass is 9.79. The summed E-state index contributed by atoms with van der Waals surface area (Å²) < 4.78 is 0. The Balaban J connectivity index is 2.06. The van der Waals surface area contributed by atoms with E-state index >= 15 is 0 Å². The van der Waals surface area contributed by atoms with Gasteiger partial charge in [-0.3, -0.25) is 0 Å². The van der Waals surface area contributed by atoms with Crippen molar-refractivity contribution in [2.75, 3.05) is 0 Å². The molecule has 94 valence electrons. The summed E-state index contributed by atoms with van der Waals surface area (Å²) in [4.78, 5) is 4.63. The van der Waals surface area contributed by atoms with Gasteiger partial charge in [0, 0.05) is 10.8 Å². The highest BCUT2D eigenvalue weighted by molar-refractivity contribution is 7.09. The van der Waals surface area contributed by atoms with Gasteiger partial charge in [0.15, 0.2) is 0 Å². The fourth-order valence-corrected chi connectivity index (χ4v) is 4.05. The maximum absolute atomic E-state index is 9.19. The smallest absolute Gasteiger partial charge is 0.103 e. The molecule has 1 aromatic carbocycles. The normalized spacial score (nSPS) is 18.1. The second-order valence-corrected chi connectivity index (χ2v) is 5.82. The first-order valence-corrected chi connectivity index (χ1v) is 7.34. The van der Waals surface area contributed by atoms with Crippen LogP contribution < -0.4 is 0 Å². The van der Waals surface area contributed by atoms with Crippen molar-refractivity contribution in [3.63, 3.8) is 0 Å². The molecule has 0 saturated heterocycles. The second kappa shape index (κ2) is 4.82. The molecule has 1 saturated carbocycles. The third-order valence-electron chi connectivity index (χ3n) is 3.91. The largest absolute Gasteiger partial charge is 0.390 e. The van der Waals surface area contributed by atoms with Gasteiger partial charge in [0.2, 0.25) is 0 Å². The van der Waals surface area contributed by atoms with Gasteiger partial charge in [-0.2, -0.15) is 0 Å². The van der Waals surface area contributed by atoms with E-state index in [-0.39, 0.29) is 12.0 Å². The number of rotatable bonds is 3. The molecule has 3 rings (SSSR count). The lowest BCUT2D eigenvalue weighted by Gasteiger charge is -2.27. The highest BCUT2D eigenvalue weighted by Gasteiger charge is 2.39. The molecule has 3 heteroatoms. The van der Waals surface area contributed by atoms with Crippen molar-refractivity contribution in [2.45, 2.75) is 37.7 Å². The molecular formula is C15H17NOS. The summed E-state index contributed by atoms with van der Waals surface area (Å²) in [5.74, 6) is 0. The molecule has 1 heterocycles. The van der Waals surface area contributed by atoms with Gasteiger partial charge in [-0.05, 0) is 18.4 Å². The van der Waals surface area contributed by atoms with Crippen LogP contribution >= 0.6 is 11.3 Å². The van der Waals surface area contributed by atoms with Crippen molar-refractivity contribution in [1.82, 2.24) is 4.98 Å². The quantitative estimate of drug-likeness (QED) is 0.915. The molecule has 1 fully saturated rings. The Labute approximate surface area is 111 Å². The van der Waals surface area contributed by atoms with E-state index in [9.17, 15) is 5.11 Å². The molecule has 2 nitrogen and oxygen atoms in total. The van der Waals surface area contributed by atoms with Gasteiger partial charge in [0.05, 0.1) is 12.3 Å². The molecule has 1 N–H and O–H groups in total. The van der Waals surface area contributed by atoms with Crippen molar-refractivity contribution in [3.05, 3.63) is 52.0 Å². The molecule has 0 unspecified atom stereocenters. The van der Waals surface area contributed by atoms with Gasteiger partial charge >= 0.3 is 0 Å². The summed E-state index contributed by atoms with van der Waals surface area (Å²) >= 11 is 1.69. The van der Waals surface area contributed by atoms with E-state index in [1.165, 1.54) is 36.3 Å². The number of hydrogen-bond donors (Lipinski definition) is 1. The molecule has 0 atom stereocenters. The number of hydrogen-bond acceptors (Lipinski definition) is 3. The summed E-state index contributed by atoms with van der Waals surface area (Å²) in [5, 5.41) is 12.4. The van der Waals surface area contributed by atoms with E-state index < -0.39 is 0 Å². The molecule has 1 aromatic heterocycles. The van der Waals surface area contributed by atoms with Crippen molar-refractivity contribution in [3.8, 4) is 0 Å². The van der Waals surface area contributed by atoms with Gasteiger partial charge in [-0.1, -0.05) is 43.2 Å². The maximum Gasteiger partial charge on any atom is 0.103 e. The fourth-order valence-electron chi connectivity index (χ4n) is 2.96. The zero-order valence-corrected chi connectivity index (χ0v) is 11.1. The summed E-state index contributed by atoms with van der Waals surface area (Å²) in [6.07, 6.45) is 4.89. The predicted molar refractivity (Wildman–Crippen MR) is 73.7 cm³/mol. The number of aliphatic hydroxyl groups excluding tert-OH is 1. The van der Waals surface area contributed by atoms with Crippen molar-refractivity contribution >= 4 is 11.3 Å². The minimum atomic E-state index is 0.0430. The Morgan fingerprint density at radius 3 is 2.50 bits per heavy atom. The van der Waals surface area contributed by atoms with E-state index in [0.29, 0.717) is 0 Å². The zero-order chi connectivity index (χ0) is 12.4. The van der Waals surface area contributed by atoms with Crippen molar-refractivity contribution < 1.29 is 5.11 Å². The zero-order valence-electron chi connectivity index (χ0n) is 10.3. The van der Waals surface area contributed by atoms with E-state index in [4.69, 9.17) is 0 Å². The third kappa shape index (κ3) is 1.88. The molecule has 0 aliphatic heterocycles. The molecule has 1 aliphatic carbocycles. The molecule has 1 aliphatic rings. The average molecular weight is 259 g/mol. The van der Waals surface area contributed by atoms with Crippen LogP contribution in [-0.2, 0) is 12.0 Å². The molecule has 18 heavy (non-hydrogen) atoms. The van der Waals surface area contributed by atoms with Gasteiger partial charge in [-0.15, -0.1) is 11.3 Å². The van der Waals surface area contributed by atoms with Gasteiger partial charge < -0.3 is 5.11 Å². The van der Waals surface area contributed by atoms with E-state index in [1.54, 1.807) is 11.3 Å². The van der Waals surface area contributed by atoms with Gasteiger partial charge in [0.1, 0.15) is 5.01 Å². The van der Waals surface area contributed by atoms with Crippen LogP contribution in [0.1, 0.15) is 41.9 Å². The predicted octanol–water partition coefficient (Wildman–Crippen LogP) is 3.50. The Hall–Kier alpha value is -1.19. The molecule has 2 aromatic rings. The van der Waals surface area contributed by atoms with Crippen LogP contribution in [0, 0.1) is 0 Å². The van der Waals surface area contributed by atoms with E-state index in [1.807, 2.05) is 5.38 Å². The Morgan fingerprint density at radius 1 is 1.17 bits per heavy atom. The Morgan fingerprint density at radius 2 is 1.89 bits per heavy atom. The number of aliphatic hydroxyl groups is 1. The monoisotopic (exact) mass is 259 g/mol. The first kappa shape index (κ1) is 11.9. The summed E-state index contributed by atoms with van der Waals surface area (Å²) in [5.41, 5.74) is 2.28. The van der Waals surface area contributed by atoms with E-state index in [2.05, 4.69) is 35.3 Å². The second-order valence-electron chi connectivity index (χ2n) is 4.96. The molecular weight excluding hydrogens is 242 g/mol. The first-order chi connectivity index (χ1) is 8.85. The summed E-state index contributed by atoms with van der Waals surface area (Å²) in [7, 11) is 0. The van der Waals surface area contributed by atoms with Crippen LogP contribution in [0.3, 0.4) is 0 Å². The third-order valence-corrected chi connectivity index (χ3v) is 5.00. The lowest BCUT2D eigenvalue weighted by molar-refractivity contribution is 0.277. The van der Waals surface area contributed by atoms with Crippen LogP contribution in [0.2, 0.25) is 0 Å². The van der Waals surface area contributed by atoms with Gasteiger partial charge in [-0.25, -0.2) is 4.98 Å². The van der Waals surface area contributed by atoms with Crippen LogP contribution in [0.5, 0.6) is 0 Å². The maximum atomic E-state index is 9.19.